The Kier molecular flexibility index (Phi) is 3.48. The molecule has 0 fully saturated rings. The van der Waals surface area contributed by atoms with Crippen molar-refractivity contribution in [2.75, 3.05) is 14.1 Å². The van der Waals surface area contributed by atoms with Gasteiger partial charge in [-0.05, 0) is 25.1 Å². The summed E-state index contributed by atoms with van der Waals surface area (Å²) in [6, 6.07) is 7.95. The fourth-order valence-corrected chi connectivity index (χ4v) is 1.22. The zero-order valence-corrected chi connectivity index (χ0v) is 9.67. The Morgan fingerprint density at radius 2 is 2.08 bits per heavy atom. The van der Waals surface area contributed by atoms with E-state index in [-0.39, 0.29) is 0 Å². The normalized spacial score (nSPS) is 11.5. The summed E-state index contributed by atoms with van der Waals surface area (Å²) in [5.74, 6) is 0.998. The molecule has 0 radical (unpaired) electrons. The van der Waals surface area contributed by atoms with Crippen molar-refractivity contribution < 1.29 is 0 Å². The summed E-state index contributed by atoms with van der Waals surface area (Å²) in [4.78, 5) is 6.42. The van der Waals surface area contributed by atoms with Gasteiger partial charge in [0.25, 0.3) is 0 Å². The van der Waals surface area contributed by atoms with Crippen molar-refractivity contribution >= 4 is 27.5 Å². The number of hydrogen-bond acceptors (Lipinski definition) is 1. The summed E-state index contributed by atoms with van der Waals surface area (Å²) >= 11 is 3.41. The molecule has 2 nitrogen and oxygen atoms in total. The molecule has 13 heavy (non-hydrogen) atoms. The molecule has 0 saturated carbocycles. The second-order valence-corrected chi connectivity index (χ2v) is 3.95. The Morgan fingerprint density at radius 3 is 2.62 bits per heavy atom. The molecule has 0 unspecified atom stereocenters. The molecule has 0 aliphatic rings. The average molecular weight is 241 g/mol. The third-order valence-electron chi connectivity index (χ3n) is 1.75. The first kappa shape index (κ1) is 10.3. The number of aliphatic imine (C=N–C) groups is 1. The lowest BCUT2D eigenvalue weighted by molar-refractivity contribution is 0.619. The second kappa shape index (κ2) is 4.42. The molecule has 0 spiro atoms. The first-order valence-corrected chi connectivity index (χ1v) is 4.87. The summed E-state index contributed by atoms with van der Waals surface area (Å²) < 4.78 is 1.06. The molecule has 0 saturated heterocycles. The van der Waals surface area contributed by atoms with Crippen molar-refractivity contribution in [3.05, 3.63) is 28.7 Å². The minimum Gasteiger partial charge on any atom is -0.366 e. The molecule has 1 aromatic rings. The van der Waals surface area contributed by atoms with Gasteiger partial charge in [0.05, 0.1) is 5.69 Å². The number of halogens is 1. The maximum absolute atomic E-state index is 4.43. The van der Waals surface area contributed by atoms with Crippen LogP contribution in [0.3, 0.4) is 0 Å². The van der Waals surface area contributed by atoms with Crippen LogP contribution in [0.15, 0.2) is 33.7 Å². The second-order valence-electron chi connectivity index (χ2n) is 3.03. The third-order valence-corrected chi connectivity index (χ3v) is 2.24. The van der Waals surface area contributed by atoms with E-state index in [2.05, 4.69) is 20.9 Å². The van der Waals surface area contributed by atoms with Gasteiger partial charge in [-0.2, -0.15) is 0 Å². The van der Waals surface area contributed by atoms with E-state index in [0.29, 0.717) is 0 Å². The molecule has 0 N–H and O–H groups in total. The van der Waals surface area contributed by atoms with Crippen LogP contribution in [0.4, 0.5) is 5.69 Å². The zero-order chi connectivity index (χ0) is 9.84. The number of amidine groups is 1. The van der Waals surface area contributed by atoms with E-state index in [1.165, 1.54) is 0 Å². The lowest BCUT2D eigenvalue weighted by Gasteiger charge is -2.10. The van der Waals surface area contributed by atoms with Crippen LogP contribution in [0.25, 0.3) is 0 Å². The van der Waals surface area contributed by atoms with Gasteiger partial charge in [0.15, 0.2) is 0 Å². The van der Waals surface area contributed by atoms with Crippen LogP contribution in [0.5, 0.6) is 0 Å². The molecule has 0 aliphatic carbocycles. The molecule has 0 bridgehead atoms. The first-order valence-electron chi connectivity index (χ1n) is 4.08. The summed E-state index contributed by atoms with van der Waals surface area (Å²) in [5.41, 5.74) is 0.973. The van der Waals surface area contributed by atoms with Crippen LogP contribution < -0.4 is 0 Å². The van der Waals surface area contributed by atoms with Crippen LogP contribution in [0.2, 0.25) is 0 Å². The first-order chi connectivity index (χ1) is 6.09. The van der Waals surface area contributed by atoms with E-state index in [0.717, 1.165) is 16.0 Å². The highest BCUT2D eigenvalue weighted by molar-refractivity contribution is 9.10. The minimum atomic E-state index is 0.973. The number of rotatable bonds is 1. The average Bonchev–Trinajstić information content (AvgIpc) is 2.04. The van der Waals surface area contributed by atoms with Gasteiger partial charge in [-0.3, -0.25) is 0 Å². The van der Waals surface area contributed by atoms with Gasteiger partial charge in [-0.25, -0.2) is 4.99 Å². The van der Waals surface area contributed by atoms with Gasteiger partial charge < -0.3 is 4.90 Å². The molecule has 0 amide bonds. The van der Waals surface area contributed by atoms with Gasteiger partial charge in [0.1, 0.15) is 5.84 Å². The van der Waals surface area contributed by atoms with Gasteiger partial charge >= 0.3 is 0 Å². The zero-order valence-electron chi connectivity index (χ0n) is 8.08. The van der Waals surface area contributed by atoms with E-state index in [1.807, 2.05) is 50.2 Å². The van der Waals surface area contributed by atoms with Gasteiger partial charge in [0, 0.05) is 18.6 Å². The van der Waals surface area contributed by atoms with Crippen molar-refractivity contribution in [2.45, 2.75) is 6.92 Å². The Hall–Kier alpha value is -0.830. The van der Waals surface area contributed by atoms with Gasteiger partial charge in [-0.15, -0.1) is 0 Å². The van der Waals surface area contributed by atoms with E-state index < -0.39 is 0 Å². The smallest absolute Gasteiger partial charge is 0.101 e. The quantitative estimate of drug-likeness (QED) is 0.545. The third kappa shape index (κ3) is 3.19. The standard InChI is InChI=1S/C10H13BrN2/c1-8(13(2)3)12-10-6-4-5-9(11)7-10/h4-7H,1-3H3. The van der Waals surface area contributed by atoms with E-state index in [1.54, 1.807) is 0 Å². The minimum absolute atomic E-state index is 0.973. The molecule has 1 rings (SSSR count). The molecular weight excluding hydrogens is 228 g/mol. The van der Waals surface area contributed by atoms with Crippen LogP contribution >= 0.6 is 15.9 Å². The molecule has 0 heterocycles. The van der Waals surface area contributed by atoms with Crippen molar-refractivity contribution in [3.63, 3.8) is 0 Å². The molecule has 0 aromatic heterocycles. The predicted molar refractivity (Wildman–Crippen MR) is 60.6 cm³/mol. The van der Waals surface area contributed by atoms with Crippen LogP contribution in [0, 0.1) is 0 Å². The Balaban J connectivity index is 2.91. The maximum atomic E-state index is 4.43. The molecule has 3 heteroatoms. The Morgan fingerprint density at radius 1 is 1.38 bits per heavy atom. The molecule has 70 valence electrons. The summed E-state index contributed by atoms with van der Waals surface area (Å²) in [5, 5.41) is 0. The van der Waals surface area contributed by atoms with Crippen LogP contribution in [0.1, 0.15) is 6.92 Å². The van der Waals surface area contributed by atoms with Gasteiger partial charge in [0.2, 0.25) is 0 Å². The van der Waals surface area contributed by atoms with Crippen LogP contribution in [-0.4, -0.2) is 24.8 Å². The molecule has 1 aromatic carbocycles. The van der Waals surface area contributed by atoms with E-state index in [4.69, 9.17) is 0 Å². The maximum Gasteiger partial charge on any atom is 0.101 e. The fraction of sp³-hybridized carbons (Fsp3) is 0.300. The highest BCUT2D eigenvalue weighted by atomic mass is 79.9. The summed E-state index contributed by atoms with van der Waals surface area (Å²) in [6.45, 7) is 1.99. The summed E-state index contributed by atoms with van der Waals surface area (Å²) in [6.07, 6.45) is 0. The highest BCUT2D eigenvalue weighted by Gasteiger charge is 1.94. The van der Waals surface area contributed by atoms with E-state index >= 15 is 0 Å². The summed E-state index contributed by atoms with van der Waals surface area (Å²) in [7, 11) is 3.97. The van der Waals surface area contributed by atoms with E-state index in [9.17, 15) is 0 Å². The predicted octanol–water partition coefficient (Wildman–Crippen LogP) is 3.06. The Labute approximate surface area is 87.4 Å². The lowest BCUT2D eigenvalue weighted by Crippen LogP contribution is -2.17. The Bertz CT molecular complexity index is 318. The monoisotopic (exact) mass is 240 g/mol. The number of hydrogen-bond donors (Lipinski definition) is 0. The molecular formula is C10H13BrN2. The van der Waals surface area contributed by atoms with Crippen molar-refractivity contribution in [1.82, 2.24) is 4.90 Å². The van der Waals surface area contributed by atoms with Crippen molar-refractivity contribution in [1.29, 1.82) is 0 Å². The fourth-order valence-electron chi connectivity index (χ4n) is 0.833. The molecule has 0 atom stereocenters. The van der Waals surface area contributed by atoms with Gasteiger partial charge in [-0.1, -0.05) is 22.0 Å². The molecule has 0 aliphatic heterocycles. The highest BCUT2D eigenvalue weighted by Crippen LogP contribution is 2.18. The largest absolute Gasteiger partial charge is 0.366 e. The SMILES string of the molecule is CC(=Nc1cccc(Br)c1)N(C)C. The lowest BCUT2D eigenvalue weighted by atomic mass is 10.3. The van der Waals surface area contributed by atoms with Crippen molar-refractivity contribution in [3.8, 4) is 0 Å². The van der Waals surface area contributed by atoms with Crippen molar-refractivity contribution in [2.24, 2.45) is 4.99 Å². The number of benzene rings is 1. The van der Waals surface area contributed by atoms with Crippen LogP contribution in [-0.2, 0) is 0 Å². The number of nitrogens with zero attached hydrogens (tertiary/aromatic N) is 2. The topological polar surface area (TPSA) is 15.6 Å².